The zero-order valence-corrected chi connectivity index (χ0v) is 12.3. The molecule has 1 aromatic rings. The lowest BCUT2D eigenvalue weighted by Crippen LogP contribution is -2.34. The lowest BCUT2D eigenvalue weighted by Gasteiger charge is -2.22. The zero-order chi connectivity index (χ0) is 14.8. The van der Waals surface area contributed by atoms with Gasteiger partial charge in [0, 0.05) is 37.4 Å². The average molecular weight is 278 g/mol. The highest BCUT2D eigenvalue weighted by molar-refractivity contribution is 5.93. The smallest absolute Gasteiger partial charge is 0.256 e. The van der Waals surface area contributed by atoms with Crippen LogP contribution in [0, 0.1) is 5.41 Å². The molecule has 1 aromatic heterocycles. The lowest BCUT2D eigenvalue weighted by molar-refractivity contribution is 0.0733. The Morgan fingerprint density at radius 2 is 2.05 bits per heavy atom. The number of aromatic nitrogens is 2. The largest absolute Gasteiger partial charge is 0.396 e. The molecule has 6 heteroatoms. The number of hydrogen-bond acceptors (Lipinski definition) is 5. The molecule has 2 N–H and O–H groups in total. The average Bonchev–Trinajstić information content (AvgIpc) is 3.18. The number of aliphatic hydroxyl groups excluding tert-OH is 1. The first-order valence-corrected chi connectivity index (χ1v) is 6.91. The fourth-order valence-electron chi connectivity index (χ4n) is 2.11. The maximum atomic E-state index is 12.2. The molecule has 1 heterocycles. The van der Waals surface area contributed by atoms with Crippen LogP contribution < -0.4 is 5.32 Å². The molecule has 6 nitrogen and oxygen atoms in total. The van der Waals surface area contributed by atoms with E-state index in [0.717, 1.165) is 12.8 Å². The number of rotatable bonds is 6. The van der Waals surface area contributed by atoms with Gasteiger partial charge in [0.05, 0.1) is 12.2 Å². The zero-order valence-electron chi connectivity index (χ0n) is 12.3. The summed E-state index contributed by atoms with van der Waals surface area (Å²) in [5, 5.41) is 12.4. The minimum absolute atomic E-state index is 0.0790. The predicted octanol–water partition coefficient (Wildman–Crippen LogP) is 1.14. The van der Waals surface area contributed by atoms with Crippen molar-refractivity contribution in [3.05, 3.63) is 18.0 Å². The van der Waals surface area contributed by atoms with E-state index >= 15 is 0 Å². The lowest BCUT2D eigenvalue weighted by atomic mass is 10.1. The molecule has 0 aromatic carbocycles. The van der Waals surface area contributed by atoms with Gasteiger partial charge in [-0.15, -0.1) is 0 Å². The molecule has 0 saturated heterocycles. The molecular formula is C14H22N4O2. The van der Waals surface area contributed by atoms with E-state index < -0.39 is 0 Å². The van der Waals surface area contributed by atoms with Crippen LogP contribution in [0.5, 0.6) is 0 Å². The SMILES string of the molecule is CC(C)Nc1ncc(C(=O)N(C)CC2(CO)CC2)cn1. The van der Waals surface area contributed by atoms with Gasteiger partial charge in [-0.25, -0.2) is 9.97 Å². The molecule has 2 rings (SSSR count). The summed E-state index contributed by atoms with van der Waals surface area (Å²) in [5.74, 6) is 0.411. The number of nitrogens with zero attached hydrogens (tertiary/aromatic N) is 3. The third-order valence-electron chi connectivity index (χ3n) is 3.53. The Hall–Kier alpha value is -1.69. The summed E-state index contributed by atoms with van der Waals surface area (Å²) in [7, 11) is 1.75. The van der Waals surface area contributed by atoms with Crippen molar-refractivity contribution in [3.63, 3.8) is 0 Å². The van der Waals surface area contributed by atoms with Crippen molar-refractivity contribution >= 4 is 11.9 Å². The molecular weight excluding hydrogens is 256 g/mol. The Bertz CT molecular complexity index is 469. The van der Waals surface area contributed by atoms with Crippen molar-refractivity contribution in [1.29, 1.82) is 0 Å². The molecule has 0 unspecified atom stereocenters. The van der Waals surface area contributed by atoms with E-state index in [1.807, 2.05) is 13.8 Å². The van der Waals surface area contributed by atoms with E-state index in [1.54, 1.807) is 11.9 Å². The summed E-state index contributed by atoms with van der Waals surface area (Å²) < 4.78 is 0. The number of aliphatic hydroxyl groups is 1. The fourth-order valence-corrected chi connectivity index (χ4v) is 2.11. The van der Waals surface area contributed by atoms with Crippen molar-refractivity contribution in [2.24, 2.45) is 5.41 Å². The number of carbonyl (C=O) groups is 1. The van der Waals surface area contributed by atoms with Gasteiger partial charge in [0.2, 0.25) is 5.95 Å². The van der Waals surface area contributed by atoms with Crippen LogP contribution in [0.3, 0.4) is 0 Å². The van der Waals surface area contributed by atoms with Crippen LogP contribution in [0.25, 0.3) is 0 Å². The van der Waals surface area contributed by atoms with Crippen molar-refractivity contribution in [2.75, 3.05) is 25.5 Å². The highest BCUT2D eigenvalue weighted by Gasteiger charge is 2.43. The maximum Gasteiger partial charge on any atom is 0.256 e. The van der Waals surface area contributed by atoms with E-state index in [9.17, 15) is 9.90 Å². The van der Waals surface area contributed by atoms with Crippen molar-refractivity contribution in [2.45, 2.75) is 32.7 Å². The van der Waals surface area contributed by atoms with Gasteiger partial charge in [0.25, 0.3) is 5.91 Å². The molecule has 1 aliphatic carbocycles. The van der Waals surface area contributed by atoms with Crippen LogP contribution in [-0.2, 0) is 0 Å². The van der Waals surface area contributed by atoms with E-state index in [0.29, 0.717) is 18.1 Å². The minimum atomic E-state index is -0.110. The Labute approximate surface area is 119 Å². The Kier molecular flexibility index (Phi) is 4.23. The van der Waals surface area contributed by atoms with E-state index in [2.05, 4.69) is 15.3 Å². The normalized spacial score (nSPS) is 16.1. The Balaban J connectivity index is 1.98. The second-order valence-corrected chi connectivity index (χ2v) is 5.91. The number of carbonyl (C=O) groups excluding carboxylic acids is 1. The Morgan fingerprint density at radius 3 is 2.50 bits per heavy atom. The van der Waals surface area contributed by atoms with Gasteiger partial charge < -0.3 is 15.3 Å². The van der Waals surface area contributed by atoms with Gasteiger partial charge >= 0.3 is 0 Å². The van der Waals surface area contributed by atoms with Crippen molar-refractivity contribution in [1.82, 2.24) is 14.9 Å². The van der Waals surface area contributed by atoms with Crippen molar-refractivity contribution in [3.8, 4) is 0 Å². The van der Waals surface area contributed by atoms with Gasteiger partial charge in [-0.05, 0) is 26.7 Å². The molecule has 20 heavy (non-hydrogen) atoms. The topological polar surface area (TPSA) is 78.4 Å². The van der Waals surface area contributed by atoms with Gasteiger partial charge in [-0.3, -0.25) is 4.79 Å². The van der Waals surface area contributed by atoms with E-state index in [4.69, 9.17) is 0 Å². The van der Waals surface area contributed by atoms with Gasteiger partial charge in [-0.2, -0.15) is 0 Å². The van der Waals surface area contributed by atoms with Gasteiger partial charge in [0.15, 0.2) is 0 Å². The van der Waals surface area contributed by atoms with Crippen LogP contribution in [0.15, 0.2) is 12.4 Å². The number of nitrogens with one attached hydrogen (secondary N) is 1. The number of amides is 1. The fraction of sp³-hybridized carbons (Fsp3) is 0.643. The van der Waals surface area contributed by atoms with Crippen LogP contribution in [0.4, 0.5) is 5.95 Å². The first kappa shape index (κ1) is 14.7. The second kappa shape index (κ2) is 5.75. The molecule has 1 aliphatic rings. The first-order valence-electron chi connectivity index (χ1n) is 6.91. The number of hydrogen-bond donors (Lipinski definition) is 2. The van der Waals surface area contributed by atoms with Gasteiger partial charge in [-0.1, -0.05) is 0 Å². The highest BCUT2D eigenvalue weighted by atomic mass is 16.3. The molecule has 0 atom stereocenters. The summed E-state index contributed by atoms with van der Waals surface area (Å²) in [6.07, 6.45) is 5.04. The molecule has 0 bridgehead atoms. The quantitative estimate of drug-likeness (QED) is 0.816. The molecule has 110 valence electrons. The second-order valence-electron chi connectivity index (χ2n) is 5.91. The molecule has 1 amide bonds. The standard InChI is InChI=1S/C14H22N4O2/c1-10(2)17-13-15-6-11(7-16-13)12(20)18(3)8-14(9-19)4-5-14/h6-7,10,19H,4-5,8-9H2,1-3H3,(H,15,16,17). The van der Waals surface area contributed by atoms with E-state index in [1.165, 1.54) is 12.4 Å². The highest BCUT2D eigenvalue weighted by Crippen LogP contribution is 2.45. The predicted molar refractivity (Wildman–Crippen MR) is 76.5 cm³/mol. The summed E-state index contributed by atoms with van der Waals surface area (Å²) in [5.41, 5.74) is 0.389. The van der Waals surface area contributed by atoms with Crippen molar-refractivity contribution < 1.29 is 9.90 Å². The summed E-state index contributed by atoms with van der Waals surface area (Å²) in [4.78, 5) is 22.2. The monoisotopic (exact) mass is 278 g/mol. The molecule has 1 saturated carbocycles. The maximum absolute atomic E-state index is 12.2. The summed E-state index contributed by atoms with van der Waals surface area (Å²) >= 11 is 0. The van der Waals surface area contributed by atoms with Crippen LogP contribution >= 0.6 is 0 Å². The molecule has 0 aliphatic heterocycles. The molecule has 0 spiro atoms. The van der Waals surface area contributed by atoms with Crippen LogP contribution in [-0.4, -0.2) is 52.1 Å². The summed E-state index contributed by atoms with van der Waals surface area (Å²) in [6, 6.07) is 0.249. The minimum Gasteiger partial charge on any atom is -0.396 e. The van der Waals surface area contributed by atoms with Crippen LogP contribution in [0.2, 0.25) is 0 Å². The summed E-state index contributed by atoms with van der Waals surface area (Å²) in [6.45, 7) is 4.72. The van der Waals surface area contributed by atoms with Gasteiger partial charge in [0.1, 0.15) is 0 Å². The molecule has 0 radical (unpaired) electrons. The molecule has 1 fully saturated rings. The third kappa shape index (κ3) is 3.45. The van der Waals surface area contributed by atoms with E-state index in [-0.39, 0.29) is 24.0 Å². The van der Waals surface area contributed by atoms with Crippen LogP contribution in [0.1, 0.15) is 37.0 Å². The Morgan fingerprint density at radius 1 is 1.45 bits per heavy atom. The first-order chi connectivity index (χ1) is 9.46. The third-order valence-corrected chi connectivity index (χ3v) is 3.53. The number of anilines is 1.